The molecule has 0 spiro atoms. The molecule has 0 saturated heterocycles. The number of aromatic nitrogens is 1. The molecule has 0 unspecified atom stereocenters. The molecule has 0 atom stereocenters. The third kappa shape index (κ3) is 3.23. The summed E-state index contributed by atoms with van der Waals surface area (Å²) in [5.74, 6) is -1.46. The molecule has 2 heterocycles. The first-order chi connectivity index (χ1) is 10.9. The monoisotopic (exact) mass is 341 g/mol. The number of nitrogens with zero attached hydrogens (tertiary/aromatic N) is 1. The van der Waals surface area contributed by atoms with Crippen LogP contribution in [0.2, 0.25) is 5.02 Å². The number of halogens is 2. The zero-order valence-corrected chi connectivity index (χ0v) is 13.9. The molecule has 0 radical (unpaired) electrons. The molecule has 0 amide bonds. The first-order valence-electron chi connectivity index (χ1n) is 7.11. The number of pyridine rings is 2. The van der Waals surface area contributed by atoms with Gasteiger partial charge < -0.3 is 9.47 Å². The minimum absolute atomic E-state index is 0.0491. The number of carbonyl (C=O) groups excluding carboxylic acids is 1. The normalized spacial score (nSPS) is 11.0. The van der Waals surface area contributed by atoms with Gasteiger partial charge in [0.05, 0.1) is 23.8 Å². The lowest BCUT2D eigenvalue weighted by atomic mass is 10.0. The van der Waals surface area contributed by atoms with Gasteiger partial charge in [-0.15, -0.1) is 0 Å². The van der Waals surface area contributed by atoms with E-state index >= 15 is 0 Å². The number of fused-ring (bicyclic) bond motifs is 1. The Kier molecular flexibility index (Phi) is 5.38. The quantitative estimate of drug-likeness (QED) is 0.785. The van der Waals surface area contributed by atoms with E-state index in [1.807, 2.05) is 0 Å². The van der Waals surface area contributed by atoms with Crippen molar-refractivity contribution >= 4 is 23.1 Å². The maximum atomic E-state index is 13.9. The van der Waals surface area contributed by atoms with Crippen molar-refractivity contribution in [2.24, 2.45) is 0 Å². The second-order valence-corrected chi connectivity index (χ2v) is 5.36. The van der Waals surface area contributed by atoms with Crippen LogP contribution in [0.5, 0.6) is 0 Å². The highest BCUT2D eigenvalue weighted by atomic mass is 35.5. The summed E-state index contributed by atoms with van der Waals surface area (Å²) in [6, 6.07) is 1.47. The Morgan fingerprint density at radius 2 is 2.13 bits per heavy atom. The lowest BCUT2D eigenvalue weighted by Gasteiger charge is -2.14. The molecular weight excluding hydrogens is 325 g/mol. The number of hydrogen-bond acceptors (Lipinski definition) is 4. The van der Waals surface area contributed by atoms with Gasteiger partial charge in [-0.1, -0.05) is 11.6 Å². The van der Waals surface area contributed by atoms with Crippen LogP contribution in [0.4, 0.5) is 4.39 Å². The lowest BCUT2D eigenvalue weighted by Crippen LogP contribution is -2.25. The maximum absolute atomic E-state index is 13.9. The number of rotatable bonds is 5. The van der Waals surface area contributed by atoms with Gasteiger partial charge in [-0.05, 0) is 37.5 Å². The zero-order valence-electron chi connectivity index (χ0n) is 13.1. The second-order valence-electron chi connectivity index (χ2n) is 4.99. The van der Waals surface area contributed by atoms with Crippen molar-refractivity contribution in [2.45, 2.75) is 20.3 Å². The Morgan fingerprint density at radius 3 is 2.74 bits per heavy atom. The number of carbonyl (C=O) groups is 1. The predicted octanol–water partition coefficient (Wildman–Crippen LogP) is 2.77. The van der Waals surface area contributed by atoms with Crippen LogP contribution in [0.15, 0.2) is 17.1 Å². The topological polar surface area (TPSA) is 57.0 Å². The first kappa shape index (κ1) is 17.4. The standard InChI is InChI=1S/C16H17ClFNO4/c1-4-23-16(21)11-7-10(5-6-22-3)14-9(2)13(17)12(18)8-19(14)15(11)20/h7-8H,4-6H2,1-3H3. The summed E-state index contributed by atoms with van der Waals surface area (Å²) in [7, 11) is 1.54. The van der Waals surface area contributed by atoms with Gasteiger partial charge in [0.25, 0.3) is 5.56 Å². The molecule has 0 aliphatic rings. The molecule has 7 heteroatoms. The summed E-state index contributed by atoms with van der Waals surface area (Å²) in [4.78, 5) is 24.5. The molecule has 2 rings (SSSR count). The zero-order chi connectivity index (χ0) is 17.1. The molecule has 124 valence electrons. The van der Waals surface area contributed by atoms with Crippen LogP contribution in [0.25, 0.3) is 5.52 Å². The molecule has 0 aromatic carbocycles. The largest absolute Gasteiger partial charge is 0.462 e. The van der Waals surface area contributed by atoms with Crippen molar-refractivity contribution < 1.29 is 18.7 Å². The fourth-order valence-electron chi connectivity index (χ4n) is 2.45. The van der Waals surface area contributed by atoms with E-state index in [0.717, 1.165) is 10.6 Å². The summed E-state index contributed by atoms with van der Waals surface area (Å²) in [5, 5.41) is -0.0491. The fraction of sp³-hybridized carbons (Fsp3) is 0.375. The number of aryl methyl sites for hydroxylation is 1. The molecule has 23 heavy (non-hydrogen) atoms. The average Bonchev–Trinajstić information content (AvgIpc) is 2.52. The SMILES string of the molecule is CCOC(=O)c1cc(CCOC)c2c(C)c(Cl)c(F)cn2c1=O. The van der Waals surface area contributed by atoms with Crippen LogP contribution in [-0.2, 0) is 15.9 Å². The van der Waals surface area contributed by atoms with Gasteiger partial charge in [-0.25, -0.2) is 9.18 Å². The van der Waals surface area contributed by atoms with E-state index in [4.69, 9.17) is 21.1 Å². The molecule has 2 aromatic heterocycles. The highest BCUT2D eigenvalue weighted by Gasteiger charge is 2.20. The molecule has 0 aliphatic heterocycles. The van der Waals surface area contributed by atoms with Crippen molar-refractivity contribution in [1.29, 1.82) is 0 Å². The van der Waals surface area contributed by atoms with Crippen molar-refractivity contribution in [3.8, 4) is 0 Å². The van der Waals surface area contributed by atoms with E-state index in [9.17, 15) is 14.0 Å². The van der Waals surface area contributed by atoms with Crippen LogP contribution in [0, 0.1) is 12.7 Å². The molecule has 2 aromatic rings. The summed E-state index contributed by atoms with van der Waals surface area (Å²) in [6.07, 6.45) is 1.43. The Morgan fingerprint density at radius 1 is 1.43 bits per heavy atom. The summed E-state index contributed by atoms with van der Waals surface area (Å²) in [6.45, 7) is 3.79. The minimum Gasteiger partial charge on any atom is -0.462 e. The highest BCUT2D eigenvalue weighted by molar-refractivity contribution is 6.32. The van der Waals surface area contributed by atoms with E-state index in [0.29, 0.717) is 29.7 Å². The fourth-order valence-corrected chi connectivity index (χ4v) is 2.58. The molecule has 0 N–H and O–H groups in total. The van der Waals surface area contributed by atoms with Crippen molar-refractivity contribution in [1.82, 2.24) is 4.40 Å². The van der Waals surface area contributed by atoms with E-state index in [1.54, 1.807) is 21.0 Å². The third-order valence-electron chi connectivity index (χ3n) is 3.52. The predicted molar refractivity (Wildman–Crippen MR) is 84.9 cm³/mol. The Labute approximate surface area is 137 Å². The second kappa shape index (κ2) is 7.10. The number of hydrogen-bond donors (Lipinski definition) is 0. The van der Waals surface area contributed by atoms with Gasteiger partial charge in [0.15, 0.2) is 5.82 Å². The van der Waals surface area contributed by atoms with Crippen LogP contribution >= 0.6 is 11.6 Å². The summed E-state index contributed by atoms with van der Waals surface area (Å²) in [5.41, 5.74) is 0.792. The van der Waals surface area contributed by atoms with E-state index in [-0.39, 0.29) is 17.2 Å². The van der Waals surface area contributed by atoms with Crippen molar-refractivity contribution in [2.75, 3.05) is 20.3 Å². The number of ether oxygens (including phenoxy) is 2. The smallest absolute Gasteiger partial charge is 0.343 e. The molecule has 0 saturated carbocycles. The maximum Gasteiger partial charge on any atom is 0.343 e. The van der Waals surface area contributed by atoms with Gasteiger partial charge in [0, 0.05) is 13.3 Å². The summed E-state index contributed by atoms with van der Waals surface area (Å²) < 4.78 is 25.0. The van der Waals surface area contributed by atoms with E-state index in [2.05, 4.69) is 0 Å². The number of esters is 1. The van der Waals surface area contributed by atoms with E-state index in [1.165, 1.54) is 6.07 Å². The molecule has 0 aliphatic carbocycles. The van der Waals surface area contributed by atoms with Crippen molar-refractivity contribution in [3.63, 3.8) is 0 Å². The lowest BCUT2D eigenvalue weighted by molar-refractivity contribution is 0.0524. The van der Waals surface area contributed by atoms with Crippen LogP contribution in [0.1, 0.15) is 28.4 Å². The molecular formula is C16H17ClFNO4. The number of methoxy groups -OCH3 is 1. The van der Waals surface area contributed by atoms with Crippen LogP contribution < -0.4 is 5.56 Å². The Balaban J connectivity index is 2.83. The molecule has 5 nitrogen and oxygen atoms in total. The van der Waals surface area contributed by atoms with Crippen LogP contribution in [0.3, 0.4) is 0 Å². The van der Waals surface area contributed by atoms with Crippen molar-refractivity contribution in [3.05, 3.63) is 50.1 Å². The van der Waals surface area contributed by atoms with Gasteiger partial charge in [-0.3, -0.25) is 9.20 Å². The minimum atomic E-state index is -0.737. The Bertz CT molecular complexity index is 816. The van der Waals surface area contributed by atoms with Gasteiger partial charge >= 0.3 is 5.97 Å². The van der Waals surface area contributed by atoms with Gasteiger partial charge in [0.2, 0.25) is 0 Å². The van der Waals surface area contributed by atoms with Gasteiger partial charge in [0.1, 0.15) is 5.56 Å². The average molecular weight is 342 g/mol. The van der Waals surface area contributed by atoms with E-state index < -0.39 is 17.3 Å². The Hall–Kier alpha value is -1.92. The third-order valence-corrected chi connectivity index (χ3v) is 3.98. The van der Waals surface area contributed by atoms with Crippen LogP contribution in [-0.4, -0.2) is 30.7 Å². The molecule has 0 fully saturated rings. The first-order valence-corrected chi connectivity index (χ1v) is 7.49. The molecule has 0 bridgehead atoms. The van der Waals surface area contributed by atoms with Gasteiger partial charge in [-0.2, -0.15) is 0 Å². The summed E-state index contributed by atoms with van der Waals surface area (Å²) >= 11 is 5.95. The highest BCUT2D eigenvalue weighted by Crippen LogP contribution is 2.26.